The number of anilines is 2. The van der Waals surface area contributed by atoms with Crippen molar-refractivity contribution < 1.29 is 13.2 Å². The Bertz CT molecular complexity index is 1300. The summed E-state index contributed by atoms with van der Waals surface area (Å²) >= 11 is 0. The Balaban J connectivity index is 1.93. The van der Waals surface area contributed by atoms with E-state index in [4.69, 9.17) is 0 Å². The second-order valence-corrected chi connectivity index (χ2v) is 9.22. The number of benzene rings is 2. The lowest BCUT2D eigenvalue weighted by atomic mass is 10.2. The van der Waals surface area contributed by atoms with Gasteiger partial charge in [0.2, 0.25) is 15.9 Å². The van der Waals surface area contributed by atoms with E-state index in [0.717, 1.165) is 4.68 Å². The van der Waals surface area contributed by atoms with Gasteiger partial charge in [-0.2, -0.15) is 4.31 Å². The second kappa shape index (κ2) is 9.45. The highest BCUT2D eigenvalue weighted by atomic mass is 32.2. The predicted molar refractivity (Wildman–Crippen MR) is 123 cm³/mol. The molecule has 0 spiro atoms. The Morgan fingerprint density at radius 1 is 1.09 bits per heavy atom. The van der Waals surface area contributed by atoms with Crippen molar-refractivity contribution in [2.24, 2.45) is 0 Å². The molecule has 0 aliphatic carbocycles. The van der Waals surface area contributed by atoms with Gasteiger partial charge in [0, 0.05) is 27.2 Å². The molecule has 10 nitrogen and oxygen atoms in total. The molecule has 170 valence electrons. The number of carbonyl (C=O) groups excluding carboxylic acids is 1. The van der Waals surface area contributed by atoms with E-state index in [1.165, 1.54) is 16.4 Å². The summed E-state index contributed by atoms with van der Waals surface area (Å²) < 4.78 is 28.1. The fourth-order valence-electron chi connectivity index (χ4n) is 3.33. The van der Waals surface area contributed by atoms with Crippen LogP contribution in [0.3, 0.4) is 0 Å². The van der Waals surface area contributed by atoms with Crippen LogP contribution in [0.15, 0.2) is 52.2 Å². The van der Waals surface area contributed by atoms with Gasteiger partial charge in [0.1, 0.15) is 12.1 Å². The summed E-state index contributed by atoms with van der Waals surface area (Å²) in [6.45, 7) is 3.83. The maximum absolute atomic E-state index is 12.9. The number of hydrogen-bond donors (Lipinski definition) is 1. The first kappa shape index (κ1) is 23.4. The Morgan fingerprint density at radius 3 is 2.44 bits per heavy atom. The van der Waals surface area contributed by atoms with Crippen LogP contribution in [0.4, 0.5) is 11.4 Å². The van der Waals surface area contributed by atoms with Crippen molar-refractivity contribution in [3.05, 3.63) is 52.8 Å². The van der Waals surface area contributed by atoms with E-state index >= 15 is 0 Å². The first-order valence-electron chi connectivity index (χ1n) is 10.1. The molecule has 0 unspecified atom stereocenters. The highest BCUT2D eigenvalue weighted by molar-refractivity contribution is 7.89. The summed E-state index contributed by atoms with van der Waals surface area (Å²) in [5, 5.41) is 10.9. The van der Waals surface area contributed by atoms with Crippen LogP contribution in [0.1, 0.15) is 13.8 Å². The van der Waals surface area contributed by atoms with E-state index in [-0.39, 0.29) is 11.4 Å². The lowest BCUT2D eigenvalue weighted by Crippen LogP contribution is -2.31. The van der Waals surface area contributed by atoms with Crippen LogP contribution < -0.4 is 15.8 Å². The normalized spacial score (nSPS) is 11.7. The zero-order chi connectivity index (χ0) is 23.5. The molecule has 0 aliphatic rings. The number of amides is 1. The van der Waals surface area contributed by atoms with E-state index in [2.05, 4.69) is 15.6 Å². The van der Waals surface area contributed by atoms with Gasteiger partial charge in [0.25, 0.3) is 5.56 Å². The van der Waals surface area contributed by atoms with Crippen molar-refractivity contribution in [2.75, 3.05) is 37.4 Å². The van der Waals surface area contributed by atoms with Crippen LogP contribution >= 0.6 is 0 Å². The fraction of sp³-hybridized carbons (Fsp3) is 0.333. The molecule has 0 atom stereocenters. The zero-order valence-electron chi connectivity index (χ0n) is 18.4. The summed E-state index contributed by atoms with van der Waals surface area (Å²) in [4.78, 5) is 27.2. The van der Waals surface area contributed by atoms with E-state index < -0.39 is 21.5 Å². The molecule has 1 N–H and O–H groups in total. The molecule has 0 saturated carbocycles. The van der Waals surface area contributed by atoms with Crippen LogP contribution in [-0.4, -0.2) is 60.8 Å². The molecular weight excluding hydrogens is 432 g/mol. The van der Waals surface area contributed by atoms with Crippen LogP contribution in [-0.2, 0) is 21.4 Å². The maximum atomic E-state index is 12.9. The van der Waals surface area contributed by atoms with Gasteiger partial charge in [0.05, 0.1) is 21.7 Å². The number of hydrogen-bond acceptors (Lipinski definition) is 7. The number of aromatic nitrogens is 3. The van der Waals surface area contributed by atoms with Gasteiger partial charge in [-0.25, -0.2) is 13.1 Å². The van der Waals surface area contributed by atoms with Crippen molar-refractivity contribution in [3.63, 3.8) is 0 Å². The van der Waals surface area contributed by atoms with Crippen LogP contribution in [0.2, 0.25) is 0 Å². The molecule has 3 rings (SSSR count). The molecule has 3 aromatic rings. The van der Waals surface area contributed by atoms with Crippen molar-refractivity contribution in [1.29, 1.82) is 0 Å². The summed E-state index contributed by atoms with van der Waals surface area (Å²) in [7, 11) is -0.145. The molecule has 0 bridgehead atoms. The third-order valence-electron chi connectivity index (χ3n) is 4.99. The van der Waals surface area contributed by atoms with Gasteiger partial charge in [-0.1, -0.05) is 31.2 Å². The number of rotatable bonds is 8. The molecular formula is C21H26N6O4S. The number of sulfonamides is 1. The zero-order valence-corrected chi connectivity index (χ0v) is 19.3. The largest absolute Gasteiger partial charge is 0.376 e. The molecule has 0 fully saturated rings. The van der Waals surface area contributed by atoms with Gasteiger partial charge in [-0.05, 0) is 30.3 Å². The van der Waals surface area contributed by atoms with Crippen molar-refractivity contribution in [2.45, 2.75) is 25.3 Å². The molecule has 0 radical (unpaired) electrons. The van der Waals surface area contributed by atoms with Crippen molar-refractivity contribution >= 4 is 38.2 Å². The molecule has 2 aromatic carbocycles. The Kier molecular flexibility index (Phi) is 6.90. The summed E-state index contributed by atoms with van der Waals surface area (Å²) in [5.74, 6) is -0.530. The van der Waals surface area contributed by atoms with Gasteiger partial charge in [-0.3, -0.25) is 9.59 Å². The smallest absolute Gasteiger partial charge is 0.278 e. The summed E-state index contributed by atoms with van der Waals surface area (Å²) in [6, 6.07) is 11.3. The van der Waals surface area contributed by atoms with Gasteiger partial charge in [0.15, 0.2) is 0 Å². The average molecular weight is 459 g/mol. The Labute approximate surface area is 186 Å². The first-order valence-corrected chi connectivity index (χ1v) is 11.6. The monoisotopic (exact) mass is 458 g/mol. The minimum absolute atomic E-state index is 0.0739. The van der Waals surface area contributed by atoms with E-state index in [1.54, 1.807) is 63.2 Å². The van der Waals surface area contributed by atoms with Crippen LogP contribution in [0, 0.1) is 0 Å². The number of fused-ring (bicyclic) bond motifs is 1. The minimum atomic E-state index is -3.71. The van der Waals surface area contributed by atoms with Gasteiger partial charge < -0.3 is 10.2 Å². The Morgan fingerprint density at radius 2 is 1.78 bits per heavy atom. The lowest BCUT2D eigenvalue weighted by Gasteiger charge is -2.22. The topological polar surface area (TPSA) is 118 Å². The molecule has 0 aliphatic heterocycles. The maximum Gasteiger partial charge on any atom is 0.278 e. The van der Waals surface area contributed by atoms with Gasteiger partial charge in [-0.15, -0.1) is 5.10 Å². The third-order valence-corrected chi connectivity index (χ3v) is 7.04. The number of carbonyl (C=O) groups is 1. The highest BCUT2D eigenvalue weighted by Gasteiger charge is 2.23. The Hall–Kier alpha value is -3.31. The highest BCUT2D eigenvalue weighted by Crippen LogP contribution is 2.29. The summed E-state index contributed by atoms with van der Waals surface area (Å²) in [6.07, 6.45) is 0. The standard InChI is InChI=1S/C21H26N6O4S/c1-5-26(6-2)32(30,31)15-11-12-19(25(3)4)18(13-15)22-20(28)14-27-21(29)16-9-7-8-10-17(16)23-24-27/h7-13H,5-6,14H2,1-4H3,(H,22,28). The third kappa shape index (κ3) is 4.63. The summed E-state index contributed by atoms with van der Waals surface area (Å²) in [5.41, 5.74) is 0.943. The molecule has 1 amide bonds. The van der Waals surface area contributed by atoms with Gasteiger partial charge >= 0.3 is 0 Å². The minimum Gasteiger partial charge on any atom is -0.376 e. The van der Waals surface area contributed by atoms with Crippen LogP contribution in [0.25, 0.3) is 10.9 Å². The number of nitrogens with zero attached hydrogens (tertiary/aromatic N) is 5. The molecule has 1 heterocycles. The predicted octanol–water partition coefficient (Wildman–Crippen LogP) is 1.53. The molecule has 11 heteroatoms. The van der Waals surface area contributed by atoms with Crippen LogP contribution in [0.5, 0.6) is 0 Å². The first-order chi connectivity index (χ1) is 15.2. The molecule has 32 heavy (non-hydrogen) atoms. The van der Waals surface area contributed by atoms with E-state index in [1.807, 2.05) is 0 Å². The van der Waals surface area contributed by atoms with Crippen molar-refractivity contribution in [1.82, 2.24) is 19.3 Å². The fourth-order valence-corrected chi connectivity index (χ4v) is 4.82. The molecule has 0 saturated heterocycles. The SMILES string of the molecule is CCN(CC)S(=O)(=O)c1ccc(N(C)C)c(NC(=O)Cn2nnc3ccccc3c2=O)c1. The average Bonchev–Trinajstić information content (AvgIpc) is 2.76. The quantitative estimate of drug-likeness (QED) is 0.544. The van der Waals surface area contributed by atoms with Crippen molar-refractivity contribution in [3.8, 4) is 0 Å². The lowest BCUT2D eigenvalue weighted by molar-refractivity contribution is -0.117. The van der Waals surface area contributed by atoms with E-state index in [9.17, 15) is 18.0 Å². The molecule has 1 aromatic heterocycles. The second-order valence-electron chi connectivity index (χ2n) is 7.28. The number of nitrogens with one attached hydrogen (secondary N) is 1. The van der Waals surface area contributed by atoms with E-state index in [0.29, 0.717) is 35.4 Å².